The fourth-order valence-electron chi connectivity index (χ4n) is 3.16. The molecule has 2 aromatic carbocycles. The van der Waals surface area contributed by atoms with Gasteiger partial charge < -0.3 is 20.1 Å². The van der Waals surface area contributed by atoms with Crippen LogP contribution in [-0.2, 0) is 9.47 Å². The van der Waals surface area contributed by atoms with E-state index < -0.39 is 30.1 Å². The molecule has 0 radical (unpaired) electrons. The summed E-state index contributed by atoms with van der Waals surface area (Å²) in [4.78, 5) is 0. The van der Waals surface area contributed by atoms with Crippen molar-refractivity contribution in [3.63, 3.8) is 0 Å². The number of hydrogen-bond acceptors (Lipinski definition) is 6. The van der Waals surface area contributed by atoms with Crippen LogP contribution >= 0.6 is 15.9 Å². The highest BCUT2D eigenvalue weighted by Gasteiger charge is 2.21. The molecule has 0 aliphatic rings. The van der Waals surface area contributed by atoms with Crippen molar-refractivity contribution in [2.45, 2.75) is 25.7 Å². The first-order valence-corrected chi connectivity index (χ1v) is 10.2. The van der Waals surface area contributed by atoms with Crippen molar-refractivity contribution in [3.8, 4) is 0 Å². The molecule has 0 aliphatic heterocycles. The molecule has 0 aliphatic carbocycles. The maximum atomic E-state index is 14.6. The molecule has 0 saturated heterocycles. The van der Waals surface area contributed by atoms with Crippen molar-refractivity contribution in [2.75, 3.05) is 31.4 Å². The molecular weight excluding hydrogens is 477 g/mol. The Labute approximate surface area is 186 Å². The van der Waals surface area contributed by atoms with E-state index in [1.54, 1.807) is 6.92 Å². The van der Waals surface area contributed by atoms with Crippen molar-refractivity contribution in [1.29, 1.82) is 0 Å². The minimum atomic E-state index is -2.89. The molecule has 166 valence electrons. The van der Waals surface area contributed by atoms with E-state index >= 15 is 0 Å². The molecule has 3 aromatic rings. The summed E-state index contributed by atoms with van der Waals surface area (Å²) >= 11 is 3.45. The number of rotatable bonds is 9. The number of halogens is 4. The van der Waals surface area contributed by atoms with E-state index in [0.29, 0.717) is 18.2 Å². The number of alkyl halides is 2. The number of aromatic nitrogens is 2. The summed E-state index contributed by atoms with van der Waals surface area (Å²) in [6.07, 6.45) is -3.36. The Bertz CT molecular complexity index is 1050. The Kier molecular flexibility index (Phi) is 7.69. The molecule has 31 heavy (non-hydrogen) atoms. The van der Waals surface area contributed by atoms with E-state index in [9.17, 15) is 13.2 Å². The smallest absolute Gasteiger partial charge is 0.266 e. The summed E-state index contributed by atoms with van der Waals surface area (Å²) in [6.45, 7) is 2.02. The molecule has 3 rings (SSSR count). The van der Waals surface area contributed by atoms with E-state index in [4.69, 9.17) is 9.47 Å². The van der Waals surface area contributed by atoms with Crippen LogP contribution in [0.3, 0.4) is 0 Å². The standard InChI is InChI=1S/C21H22BrF3N4O2/c1-11(13-5-4-6-15(18(13)23)19(24)25)27-21-14-8-7-12(22)9-16(14)20(28-29-21)26-10-17(30-2)31-3/h4-9,11,17,19H,10H2,1-3H3,(H,26,28)(H,27,29). The molecule has 0 bridgehead atoms. The Hall–Kier alpha value is -2.43. The lowest BCUT2D eigenvalue weighted by Crippen LogP contribution is -2.24. The van der Waals surface area contributed by atoms with E-state index in [1.807, 2.05) is 18.2 Å². The van der Waals surface area contributed by atoms with E-state index in [1.165, 1.54) is 26.4 Å². The number of benzene rings is 2. The quantitative estimate of drug-likeness (QED) is 0.370. The maximum absolute atomic E-state index is 14.6. The normalized spacial score (nSPS) is 12.5. The molecule has 0 fully saturated rings. The van der Waals surface area contributed by atoms with Crippen LogP contribution in [-0.4, -0.2) is 37.3 Å². The monoisotopic (exact) mass is 498 g/mol. The average Bonchev–Trinajstić information content (AvgIpc) is 2.75. The predicted molar refractivity (Wildman–Crippen MR) is 117 cm³/mol. The summed E-state index contributed by atoms with van der Waals surface area (Å²) in [6, 6.07) is 8.89. The highest BCUT2D eigenvalue weighted by Crippen LogP contribution is 2.33. The summed E-state index contributed by atoms with van der Waals surface area (Å²) in [5.41, 5.74) is -0.508. The Morgan fingerprint density at radius 1 is 1.00 bits per heavy atom. The van der Waals surface area contributed by atoms with Crippen LogP contribution in [0.5, 0.6) is 0 Å². The molecule has 1 heterocycles. The minimum Gasteiger partial charge on any atom is -0.363 e. The van der Waals surface area contributed by atoms with Gasteiger partial charge in [-0.25, -0.2) is 13.2 Å². The largest absolute Gasteiger partial charge is 0.363 e. The molecular formula is C21H22BrF3N4O2. The van der Waals surface area contributed by atoms with Crippen LogP contribution in [0.4, 0.5) is 24.8 Å². The molecule has 6 nitrogen and oxygen atoms in total. The van der Waals surface area contributed by atoms with E-state index in [2.05, 4.69) is 36.8 Å². The fourth-order valence-corrected chi connectivity index (χ4v) is 3.52. The topological polar surface area (TPSA) is 68.3 Å². The van der Waals surface area contributed by atoms with Crippen molar-refractivity contribution >= 4 is 38.3 Å². The van der Waals surface area contributed by atoms with Gasteiger partial charge in [0.25, 0.3) is 6.43 Å². The summed E-state index contributed by atoms with van der Waals surface area (Å²) in [5, 5.41) is 16.2. The van der Waals surface area contributed by atoms with Gasteiger partial charge in [-0.15, -0.1) is 10.2 Å². The average molecular weight is 499 g/mol. The zero-order chi connectivity index (χ0) is 22.5. The molecule has 1 unspecified atom stereocenters. The van der Waals surface area contributed by atoms with Gasteiger partial charge in [-0.3, -0.25) is 0 Å². The van der Waals surface area contributed by atoms with Gasteiger partial charge in [-0.2, -0.15) is 0 Å². The molecule has 0 amide bonds. The first-order valence-electron chi connectivity index (χ1n) is 9.44. The predicted octanol–water partition coefficient (Wildman–Crippen LogP) is 5.67. The molecule has 1 atom stereocenters. The number of hydrogen-bond donors (Lipinski definition) is 2. The lowest BCUT2D eigenvalue weighted by molar-refractivity contribution is -0.0914. The number of nitrogens with zero attached hydrogens (tertiary/aromatic N) is 2. The SMILES string of the molecule is COC(CNc1nnc(NC(C)c2cccc(C(F)F)c2F)c2ccc(Br)cc12)OC. The fraction of sp³-hybridized carbons (Fsp3) is 0.333. The Balaban J connectivity index is 1.93. The van der Waals surface area contributed by atoms with Gasteiger partial charge in [0.2, 0.25) is 0 Å². The second kappa shape index (κ2) is 10.3. The molecule has 1 aromatic heterocycles. The zero-order valence-corrected chi connectivity index (χ0v) is 18.7. The summed E-state index contributed by atoms with van der Waals surface area (Å²) in [5.74, 6) is -0.0158. The van der Waals surface area contributed by atoms with Crippen LogP contribution in [0.15, 0.2) is 40.9 Å². The minimum absolute atomic E-state index is 0.120. The van der Waals surface area contributed by atoms with Crippen LogP contribution in [0.25, 0.3) is 10.8 Å². The number of methoxy groups -OCH3 is 2. The van der Waals surface area contributed by atoms with Gasteiger partial charge in [0.05, 0.1) is 18.2 Å². The lowest BCUT2D eigenvalue weighted by Gasteiger charge is -2.19. The van der Waals surface area contributed by atoms with Gasteiger partial charge in [-0.1, -0.05) is 34.1 Å². The Morgan fingerprint density at radius 3 is 2.35 bits per heavy atom. The van der Waals surface area contributed by atoms with Crippen molar-refractivity contribution < 1.29 is 22.6 Å². The molecule has 0 spiro atoms. The summed E-state index contributed by atoms with van der Waals surface area (Å²) in [7, 11) is 3.07. The van der Waals surface area contributed by atoms with E-state index in [-0.39, 0.29) is 5.56 Å². The van der Waals surface area contributed by atoms with Crippen molar-refractivity contribution in [2.24, 2.45) is 0 Å². The van der Waals surface area contributed by atoms with Gasteiger partial charge in [0, 0.05) is 35.0 Å². The number of ether oxygens (including phenoxy) is 2. The highest BCUT2D eigenvalue weighted by molar-refractivity contribution is 9.10. The third-order valence-electron chi connectivity index (χ3n) is 4.82. The van der Waals surface area contributed by atoms with E-state index in [0.717, 1.165) is 21.3 Å². The third kappa shape index (κ3) is 5.25. The van der Waals surface area contributed by atoms with Gasteiger partial charge in [-0.05, 0) is 25.1 Å². The third-order valence-corrected chi connectivity index (χ3v) is 5.31. The van der Waals surface area contributed by atoms with Gasteiger partial charge >= 0.3 is 0 Å². The van der Waals surface area contributed by atoms with Crippen molar-refractivity contribution in [1.82, 2.24) is 10.2 Å². The van der Waals surface area contributed by atoms with Gasteiger partial charge in [0.1, 0.15) is 5.82 Å². The first kappa shape index (κ1) is 23.2. The summed E-state index contributed by atoms with van der Waals surface area (Å²) < 4.78 is 51.9. The second-order valence-electron chi connectivity index (χ2n) is 6.79. The maximum Gasteiger partial charge on any atom is 0.266 e. The van der Waals surface area contributed by atoms with Crippen LogP contribution in [0, 0.1) is 5.82 Å². The second-order valence-corrected chi connectivity index (χ2v) is 7.70. The highest BCUT2D eigenvalue weighted by atomic mass is 79.9. The molecule has 10 heteroatoms. The number of fused-ring (bicyclic) bond motifs is 1. The molecule has 2 N–H and O–H groups in total. The van der Waals surface area contributed by atoms with Gasteiger partial charge in [0.15, 0.2) is 17.9 Å². The number of nitrogens with one attached hydrogen (secondary N) is 2. The van der Waals surface area contributed by atoms with Crippen LogP contribution in [0.2, 0.25) is 0 Å². The first-order chi connectivity index (χ1) is 14.8. The van der Waals surface area contributed by atoms with Crippen LogP contribution in [0.1, 0.15) is 30.5 Å². The lowest BCUT2D eigenvalue weighted by atomic mass is 10.0. The van der Waals surface area contributed by atoms with Crippen LogP contribution < -0.4 is 10.6 Å². The number of anilines is 2. The zero-order valence-electron chi connectivity index (χ0n) is 17.1. The molecule has 0 saturated carbocycles. The van der Waals surface area contributed by atoms with Crippen molar-refractivity contribution in [3.05, 3.63) is 57.8 Å². The Morgan fingerprint density at radius 2 is 1.68 bits per heavy atom.